The molecule has 1 amide bonds. The molecule has 1 N–H and O–H groups in total. The fourth-order valence-electron chi connectivity index (χ4n) is 2.37. The van der Waals surface area contributed by atoms with Crippen LogP contribution in [-0.4, -0.2) is 68.9 Å². The summed E-state index contributed by atoms with van der Waals surface area (Å²) in [5, 5.41) is 13.8. The van der Waals surface area contributed by atoms with E-state index in [2.05, 4.69) is 10.00 Å². The minimum absolute atomic E-state index is 0.0380. The number of piperazine rings is 1. The van der Waals surface area contributed by atoms with Crippen LogP contribution in [0, 0.1) is 0 Å². The maximum atomic E-state index is 12.2. The van der Waals surface area contributed by atoms with Crippen LogP contribution >= 0.6 is 0 Å². The Labute approximate surface area is 113 Å². The molecule has 0 atom stereocenters. The summed E-state index contributed by atoms with van der Waals surface area (Å²) < 4.78 is 1.64. The molecule has 1 aliphatic rings. The van der Waals surface area contributed by atoms with E-state index in [1.54, 1.807) is 38.0 Å². The zero-order valence-electron chi connectivity index (χ0n) is 11.8. The highest BCUT2D eigenvalue weighted by atomic mass is 16.3. The number of hydrogen-bond donors (Lipinski definition) is 1. The number of carbonyl (C=O) groups is 1. The normalized spacial score (nSPS) is 17.8. The van der Waals surface area contributed by atoms with Crippen molar-refractivity contribution in [2.24, 2.45) is 7.05 Å². The molecule has 0 bridgehead atoms. The van der Waals surface area contributed by atoms with Crippen molar-refractivity contribution in [1.82, 2.24) is 19.6 Å². The molecule has 1 aromatic rings. The lowest BCUT2D eigenvalue weighted by Gasteiger charge is -2.37. The Morgan fingerprint density at radius 3 is 2.47 bits per heavy atom. The van der Waals surface area contributed by atoms with Gasteiger partial charge in [0.2, 0.25) is 0 Å². The maximum Gasteiger partial charge on any atom is 0.257 e. The Bertz CT molecular complexity index is 442. The molecular formula is C13H22N4O2. The summed E-state index contributed by atoms with van der Waals surface area (Å²) in [6.07, 6.45) is 3.34. The smallest absolute Gasteiger partial charge is 0.257 e. The van der Waals surface area contributed by atoms with Gasteiger partial charge in [0.05, 0.1) is 17.4 Å². The highest BCUT2D eigenvalue weighted by Gasteiger charge is 2.25. The summed E-state index contributed by atoms with van der Waals surface area (Å²) in [6, 6.07) is 0. The standard InChI is InChI=1S/C13H22N4O2/c1-13(2,19)10-16-4-6-17(7-5-16)12(18)11-8-14-15(3)9-11/h8-9,19H,4-7,10H2,1-3H3. The fraction of sp³-hybridized carbons (Fsp3) is 0.692. The number of aliphatic hydroxyl groups is 1. The number of carbonyl (C=O) groups excluding carboxylic acids is 1. The first kappa shape index (κ1) is 14.0. The van der Waals surface area contributed by atoms with Crippen molar-refractivity contribution < 1.29 is 9.90 Å². The number of rotatable bonds is 3. The zero-order valence-corrected chi connectivity index (χ0v) is 11.8. The lowest BCUT2D eigenvalue weighted by molar-refractivity contribution is 0.0178. The summed E-state index contributed by atoms with van der Waals surface area (Å²) in [5.74, 6) is 0.0380. The molecule has 0 saturated carbocycles. The molecule has 2 rings (SSSR count). The van der Waals surface area contributed by atoms with Gasteiger partial charge in [-0.2, -0.15) is 5.10 Å². The Kier molecular flexibility index (Phi) is 3.91. The summed E-state index contributed by atoms with van der Waals surface area (Å²) in [5.41, 5.74) is -0.0475. The first-order chi connectivity index (χ1) is 8.85. The summed E-state index contributed by atoms with van der Waals surface area (Å²) in [7, 11) is 1.80. The summed E-state index contributed by atoms with van der Waals surface area (Å²) in [4.78, 5) is 16.2. The Balaban J connectivity index is 1.88. The van der Waals surface area contributed by atoms with E-state index in [4.69, 9.17) is 0 Å². The third-order valence-electron chi connectivity index (χ3n) is 3.22. The SMILES string of the molecule is Cn1cc(C(=O)N2CCN(CC(C)(C)O)CC2)cn1. The van der Waals surface area contributed by atoms with Gasteiger partial charge in [0.25, 0.3) is 5.91 Å². The van der Waals surface area contributed by atoms with Gasteiger partial charge < -0.3 is 10.0 Å². The maximum absolute atomic E-state index is 12.2. The molecule has 0 spiro atoms. The van der Waals surface area contributed by atoms with E-state index in [1.165, 1.54) is 0 Å². The quantitative estimate of drug-likeness (QED) is 0.833. The third-order valence-corrected chi connectivity index (χ3v) is 3.22. The van der Waals surface area contributed by atoms with E-state index in [1.807, 2.05) is 4.90 Å². The number of aromatic nitrogens is 2. The number of aryl methyl sites for hydroxylation is 1. The number of nitrogens with zero attached hydrogens (tertiary/aromatic N) is 4. The Morgan fingerprint density at radius 2 is 2.00 bits per heavy atom. The van der Waals surface area contributed by atoms with E-state index in [-0.39, 0.29) is 5.91 Å². The molecule has 6 nitrogen and oxygen atoms in total. The molecule has 1 fully saturated rings. The first-order valence-electron chi connectivity index (χ1n) is 6.58. The summed E-state index contributed by atoms with van der Waals surface area (Å²) in [6.45, 7) is 7.25. The van der Waals surface area contributed by atoms with Crippen LogP contribution in [0.1, 0.15) is 24.2 Å². The topological polar surface area (TPSA) is 61.6 Å². The molecule has 0 unspecified atom stereocenters. The highest BCUT2D eigenvalue weighted by Crippen LogP contribution is 2.11. The summed E-state index contributed by atoms with van der Waals surface area (Å²) >= 11 is 0. The van der Waals surface area contributed by atoms with E-state index < -0.39 is 5.60 Å². The molecular weight excluding hydrogens is 244 g/mol. The Hall–Kier alpha value is -1.40. The van der Waals surface area contributed by atoms with Crippen molar-refractivity contribution in [2.75, 3.05) is 32.7 Å². The number of hydrogen-bond acceptors (Lipinski definition) is 4. The van der Waals surface area contributed by atoms with Crippen LogP contribution < -0.4 is 0 Å². The van der Waals surface area contributed by atoms with Gasteiger partial charge in [0.15, 0.2) is 0 Å². The van der Waals surface area contributed by atoms with Crippen LogP contribution in [-0.2, 0) is 7.05 Å². The molecule has 1 saturated heterocycles. The van der Waals surface area contributed by atoms with Crippen molar-refractivity contribution in [2.45, 2.75) is 19.4 Å². The molecule has 106 valence electrons. The van der Waals surface area contributed by atoms with Crippen LogP contribution in [0.4, 0.5) is 0 Å². The largest absolute Gasteiger partial charge is 0.389 e. The minimum Gasteiger partial charge on any atom is -0.389 e. The van der Waals surface area contributed by atoms with E-state index in [0.717, 1.165) is 13.1 Å². The predicted octanol–water partition coefficient (Wildman–Crippen LogP) is -0.0512. The molecule has 1 aromatic heterocycles. The average Bonchev–Trinajstić information content (AvgIpc) is 2.74. The van der Waals surface area contributed by atoms with E-state index in [0.29, 0.717) is 25.2 Å². The second-order valence-corrected chi connectivity index (χ2v) is 5.78. The van der Waals surface area contributed by atoms with Crippen LogP contribution in [0.3, 0.4) is 0 Å². The monoisotopic (exact) mass is 266 g/mol. The van der Waals surface area contributed by atoms with Gasteiger partial charge in [0, 0.05) is 46.0 Å². The van der Waals surface area contributed by atoms with Gasteiger partial charge in [0.1, 0.15) is 0 Å². The molecule has 19 heavy (non-hydrogen) atoms. The molecule has 0 radical (unpaired) electrons. The van der Waals surface area contributed by atoms with E-state index >= 15 is 0 Å². The van der Waals surface area contributed by atoms with Gasteiger partial charge in [-0.05, 0) is 13.8 Å². The molecule has 6 heteroatoms. The highest BCUT2D eigenvalue weighted by molar-refractivity contribution is 5.93. The second kappa shape index (κ2) is 5.30. The number of β-amino-alcohol motifs (C(OH)–C–C–N with tert-alkyl or cyclic N) is 1. The molecule has 1 aliphatic heterocycles. The predicted molar refractivity (Wildman–Crippen MR) is 71.8 cm³/mol. The van der Waals surface area contributed by atoms with Crippen molar-refractivity contribution in [3.8, 4) is 0 Å². The van der Waals surface area contributed by atoms with Crippen molar-refractivity contribution in [1.29, 1.82) is 0 Å². The minimum atomic E-state index is -0.685. The van der Waals surface area contributed by atoms with Gasteiger partial charge >= 0.3 is 0 Å². The van der Waals surface area contributed by atoms with Gasteiger partial charge in [-0.1, -0.05) is 0 Å². The molecule has 0 aromatic carbocycles. The van der Waals surface area contributed by atoms with E-state index in [9.17, 15) is 9.90 Å². The molecule has 0 aliphatic carbocycles. The first-order valence-corrected chi connectivity index (χ1v) is 6.58. The fourth-order valence-corrected chi connectivity index (χ4v) is 2.37. The van der Waals surface area contributed by atoms with Gasteiger partial charge in [-0.25, -0.2) is 0 Å². The molecule has 2 heterocycles. The number of amides is 1. The van der Waals surface area contributed by atoms with Crippen LogP contribution in [0.15, 0.2) is 12.4 Å². The van der Waals surface area contributed by atoms with Crippen molar-refractivity contribution >= 4 is 5.91 Å². The van der Waals surface area contributed by atoms with Crippen LogP contribution in [0.25, 0.3) is 0 Å². The Morgan fingerprint density at radius 1 is 1.37 bits per heavy atom. The second-order valence-electron chi connectivity index (χ2n) is 5.78. The zero-order chi connectivity index (χ0) is 14.0. The lowest BCUT2D eigenvalue weighted by Crippen LogP contribution is -2.51. The lowest BCUT2D eigenvalue weighted by atomic mass is 10.1. The van der Waals surface area contributed by atoms with Crippen LogP contribution in [0.5, 0.6) is 0 Å². The van der Waals surface area contributed by atoms with Gasteiger partial charge in [-0.3, -0.25) is 14.4 Å². The third kappa shape index (κ3) is 3.78. The van der Waals surface area contributed by atoms with Crippen LogP contribution in [0.2, 0.25) is 0 Å². The van der Waals surface area contributed by atoms with Crippen molar-refractivity contribution in [3.63, 3.8) is 0 Å². The van der Waals surface area contributed by atoms with Crippen molar-refractivity contribution in [3.05, 3.63) is 18.0 Å². The van der Waals surface area contributed by atoms with Gasteiger partial charge in [-0.15, -0.1) is 0 Å². The average molecular weight is 266 g/mol.